The van der Waals surface area contributed by atoms with Gasteiger partial charge in [-0.15, -0.1) is 0 Å². The Morgan fingerprint density at radius 3 is 3.06 bits per heavy atom. The van der Waals surface area contributed by atoms with E-state index in [1.165, 1.54) is 6.07 Å². The Labute approximate surface area is 99.8 Å². The third kappa shape index (κ3) is 3.17. The van der Waals surface area contributed by atoms with Gasteiger partial charge in [0.05, 0.1) is 12.2 Å². The number of rotatable bonds is 4. The van der Waals surface area contributed by atoms with Crippen LogP contribution in [0.4, 0.5) is 5.82 Å². The summed E-state index contributed by atoms with van der Waals surface area (Å²) in [7, 11) is 0. The number of pyridine rings is 1. The van der Waals surface area contributed by atoms with Crippen molar-refractivity contribution in [2.45, 2.75) is 32.0 Å². The molecule has 2 atom stereocenters. The topological polar surface area (TPSA) is 71.5 Å². The summed E-state index contributed by atoms with van der Waals surface area (Å²) < 4.78 is 5.65. The van der Waals surface area contributed by atoms with Crippen molar-refractivity contribution in [1.82, 2.24) is 4.98 Å². The SMILES string of the molecule is CC1CCC(CNc2cccc(C(=O)O)n2)O1. The Balaban J connectivity index is 1.90. The van der Waals surface area contributed by atoms with Crippen molar-refractivity contribution in [3.05, 3.63) is 23.9 Å². The maximum Gasteiger partial charge on any atom is 0.354 e. The van der Waals surface area contributed by atoms with Crippen molar-refractivity contribution in [2.24, 2.45) is 0 Å². The first kappa shape index (κ1) is 11.9. The van der Waals surface area contributed by atoms with Crippen LogP contribution in [-0.2, 0) is 4.74 Å². The fourth-order valence-corrected chi connectivity index (χ4v) is 1.91. The minimum atomic E-state index is -1.01. The smallest absolute Gasteiger partial charge is 0.354 e. The van der Waals surface area contributed by atoms with Crippen molar-refractivity contribution in [3.8, 4) is 0 Å². The van der Waals surface area contributed by atoms with Crippen molar-refractivity contribution in [3.63, 3.8) is 0 Å². The van der Waals surface area contributed by atoms with Crippen LogP contribution in [0.2, 0.25) is 0 Å². The molecule has 5 nitrogen and oxygen atoms in total. The second kappa shape index (κ2) is 5.14. The number of carboxylic acid groups (broad SMARTS) is 1. The van der Waals surface area contributed by atoms with Crippen LogP contribution in [0.5, 0.6) is 0 Å². The van der Waals surface area contributed by atoms with Crippen LogP contribution < -0.4 is 5.32 Å². The number of hydrogen-bond donors (Lipinski definition) is 2. The summed E-state index contributed by atoms with van der Waals surface area (Å²) in [5, 5.41) is 11.9. The number of nitrogens with one attached hydrogen (secondary N) is 1. The van der Waals surface area contributed by atoms with Gasteiger partial charge in [-0.25, -0.2) is 9.78 Å². The van der Waals surface area contributed by atoms with Gasteiger partial charge in [-0.05, 0) is 31.9 Å². The highest BCUT2D eigenvalue weighted by molar-refractivity contribution is 5.85. The van der Waals surface area contributed by atoms with Crippen LogP contribution in [-0.4, -0.2) is 34.8 Å². The molecule has 1 saturated heterocycles. The molecule has 0 saturated carbocycles. The van der Waals surface area contributed by atoms with E-state index in [1.807, 2.05) is 0 Å². The van der Waals surface area contributed by atoms with Crippen LogP contribution >= 0.6 is 0 Å². The Morgan fingerprint density at radius 1 is 1.59 bits per heavy atom. The molecular formula is C12H16N2O3. The van der Waals surface area contributed by atoms with E-state index in [4.69, 9.17) is 9.84 Å². The van der Waals surface area contributed by atoms with Crippen LogP contribution in [0.3, 0.4) is 0 Å². The molecule has 92 valence electrons. The highest BCUT2D eigenvalue weighted by atomic mass is 16.5. The molecule has 5 heteroatoms. The minimum Gasteiger partial charge on any atom is -0.477 e. The zero-order valence-corrected chi connectivity index (χ0v) is 9.72. The molecule has 2 N–H and O–H groups in total. The molecule has 2 unspecified atom stereocenters. The number of anilines is 1. The van der Waals surface area contributed by atoms with Gasteiger partial charge >= 0.3 is 5.97 Å². The van der Waals surface area contributed by atoms with Gasteiger partial charge in [-0.3, -0.25) is 0 Å². The second-order valence-corrected chi connectivity index (χ2v) is 4.24. The Kier molecular flexibility index (Phi) is 3.58. The molecule has 0 spiro atoms. The van der Waals surface area contributed by atoms with Gasteiger partial charge in [-0.2, -0.15) is 0 Å². The molecule has 0 aliphatic carbocycles. The predicted octanol–water partition coefficient (Wildman–Crippen LogP) is 1.76. The number of aromatic nitrogens is 1. The molecule has 17 heavy (non-hydrogen) atoms. The first-order chi connectivity index (χ1) is 8.15. The Bertz CT molecular complexity index is 408. The molecule has 2 rings (SSSR count). The third-order valence-corrected chi connectivity index (χ3v) is 2.80. The van der Waals surface area contributed by atoms with Crippen LogP contribution in [0.25, 0.3) is 0 Å². The zero-order chi connectivity index (χ0) is 12.3. The van der Waals surface area contributed by atoms with Crippen molar-refractivity contribution < 1.29 is 14.6 Å². The summed E-state index contributed by atoms with van der Waals surface area (Å²) in [6.07, 6.45) is 2.63. The molecule has 1 aromatic rings. The van der Waals surface area contributed by atoms with Crippen LogP contribution in [0.15, 0.2) is 18.2 Å². The maximum atomic E-state index is 10.7. The number of aromatic carboxylic acids is 1. The normalized spacial score (nSPS) is 23.6. The van der Waals surface area contributed by atoms with Gasteiger partial charge < -0.3 is 15.2 Å². The van der Waals surface area contributed by atoms with Gasteiger partial charge in [0, 0.05) is 6.54 Å². The molecule has 2 heterocycles. The molecular weight excluding hydrogens is 220 g/mol. The molecule has 1 aliphatic heterocycles. The highest BCUT2D eigenvalue weighted by Crippen LogP contribution is 2.19. The number of nitrogens with zero attached hydrogens (tertiary/aromatic N) is 1. The second-order valence-electron chi connectivity index (χ2n) is 4.24. The molecule has 0 amide bonds. The minimum absolute atomic E-state index is 0.0516. The number of carboxylic acids is 1. The van der Waals surface area contributed by atoms with E-state index in [1.54, 1.807) is 12.1 Å². The van der Waals surface area contributed by atoms with Gasteiger partial charge in [0.1, 0.15) is 5.82 Å². The fraction of sp³-hybridized carbons (Fsp3) is 0.500. The standard InChI is InChI=1S/C12H16N2O3/c1-8-5-6-9(17-8)7-13-11-4-2-3-10(14-11)12(15)16/h2-4,8-9H,5-7H2,1H3,(H,13,14)(H,15,16). The number of hydrogen-bond acceptors (Lipinski definition) is 4. The summed E-state index contributed by atoms with van der Waals surface area (Å²) in [6.45, 7) is 2.73. The summed E-state index contributed by atoms with van der Waals surface area (Å²) >= 11 is 0. The third-order valence-electron chi connectivity index (χ3n) is 2.80. The summed E-state index contributed by atoms with van der Waals surface area (Å²) in [6, 6.07) is 4.91. The van der Waals surface area contributed by atoms with E-state index < -0.39 is 5.97 Å². The molecule has 1 fully saturated rings. The van der Waals surface area contributed by atoms with Crippen molar-refractivity contribution in [1.29, 1.82) is 0 Å². The van der Waals surface area contributed by atoms with Crippen LogP contribution in [0.1, 0.15) is 30.3 Å². The van der Waals surface area contributed by atoms with Gasteiger partial charge in [0.25, 0.3) is 0 Å². The largest absolute Gasteiger partial charge is 0.477 e. The summed E-state index contributed by atoms with van der Waals surface area (Å²) in [4.78, 5) is 14.7. The lowest BCUT2D eigenvalue weighted by molar-refractivity contribution is 0.0636. The Hall–Kier alpha value is -1.62. The van der Waals surface area contributed by atoms with E-state index >= 15 is 0 Å². The lowest BCUT2D eigenvalue weighted by atomic mass is 10.2. The van der Waals surface area contributed by atoms with Gasteiger partial charge in [0.2, 0.25) is 0 Å². The fourth-order valence-electron chi connectivity index (χ4n) is 1.91. The first-order valence-corrected chi connectivity index (χ1v) is 5.75. The molecule has 0 bridgehead atoms. The molecule has 1 aliphatic rings. The van der Waals surface area contributed by atoms with E-state index in [-0.39, 0.29) is 11.8 Å². The van der Waals surface area contributed by atoms with E-state index in [0.717, 1.165) is 12.8 Å². The van der Waals surface area contributed by atoms with Gasteiger partial charge in [-0.1, -0.05) is 6.07 Å². The quantitative estimate of drug-likeness (QED) is 0.833. The van der Waals surface area contributed by atoms with E-state index in [2.05, 4.69) is 17.2 Å². The molecule has 1 aromatic heterocycles. The summed E-state index contributed by atoms with van der Waals surface area (Å²) in [5.74, 6) is -0.438. The molecule has 0 radical (unpaired) electrons. The zero-order valence-electron chi connectivity index (χ0n) is 9.72. The Morgan fingerprint density at radius 2 is 2.41 bits per heavy atom. The monoisotopic (exact) mass is 236 g/mol. The number of ether oxygens (including phenoxy) is 1. The summed E-state index contributed by atoms with van der Waals surface area (Å²) in [5.41, 5.74) is 0.0516. The van der Waals surface area contributed by atoms with Gasteiger partial charge in [0.15, 0.2) is 5.69 Å². The highest BCUT2D eigenvalue weighted by Gasteiger charge is 2.21. The van der Waals surface area contributed by atoms with Crippen molar-refractivity contribution >= 4 is 11.8 Å². The average molecular weight is 236 g/mol. The van der Waals surface area contributed by atoms with E-state index in [9.17, 15) is 4.79 Å². The number of carbonyl (C=O) groups is 1. The lowest BCUT2D eigenvalue weighted by Crippen LogP contribution is -2.20. The van der Waals surface area contributed by atoms with E-state index in [0.29, 0.717) is 18.5 Å². The molecule has 0 aromatic carbocycles. The lowest BCUT2D eigenvalue weighted by Gasteiger charge is -2.12. The van der Waals surface area contributed by atoms with Crippen molar-refractivity contribution in [2.75, 3.05) is 11.9 Å². The maximum absolute atomic E-state index is 10.7. The first-order valence-electron chi connectivity index (χ1n) is 5.75. The predicted molar refractivity (Wildman–Crippen MR) is 63.3 cm³/mol. The average Bonchev–Trinajstić information content (AvgIpc) is 2.73. The van der Waals surface area contributed by atoms with Crippen LogP contribution in [0, 0.1) is 0 Å².